The Morgan fingerprint density at radius 3 is 2.88 bits per heavy atom. The lowest BCUT2D eigenvalue weighted by Crippen LogP contribution is -1.98. The average molecular weight is 281 g/mol. The second-order valence-corrected chi connectivity index (χ2v) is 5.04. The summed E-state index contributed by atoms with van der Waals surface area (Å²) < 4.78 is 3.31. The van der Waals surface area contributed by atoms with Gasteiger partial charge in [-0.25, -0.2) is 0 Å². The molecule has 2 nitrogen and oxygen atoms in total. The highest BCUT2D eigenvalue weighted by atomic mass is 79.9. The van der Waals surface area contributed by atoms with E-state index in [-0.39, 0.29) is 0 Å². The molecule has 2 aromatic rings. The number of fused-ring (bicyclic) bond motifs is 1. The van der Waals surface area contributed by atoms with Crippen LogP contribution in [0.1, 0.15) is 18.4 Å². The Labute approximate surface area is 105 Å². The summed E-state index contributed by atoms with van der Waals surface area (Å²) in [5.41, 5.74) is 8.17. The molecule has 2 rings (SSSR count). The van der Waals surface area contributed by atoms with Crippen molar-refractivity contribution >= 4 is 26.8 Å². The Morgan fingerprint density at radius 2 is 2.12 bits per heavy atom. The fourth-order valence-corrected chi connectivity index (χ4v) is 2.64. The van der Waals surface area contributed by atoms with Gasteiger partial charge in [0.05, 0.1) is 0 Å². The fraction of sp³-hybridized carbons (Fsp3) is 0.385. The van der Waals surface area contributed by atoms with Crippen LogP contribution in [0.25, 0.3) is 10.9 Å². The van der Waals surface area contributed by atoms with Gasteiger partial charge in [-0.05, 0) is 59.4 Å². The second kappa shape index (κ2) is 5.02. The Kier molecular flexibility index (Phi) is 3.66. The summed E-state index contributed by atoms with van der Waals surface area (Å²) in [5, 5.41) is 1.30. The predicted molar refractivity (Wildman–Crippen MR) is 72.6 cm³/mol. The van der Waals surface area contributed by atoms with Crippen molar-refractivity contribution in [3.63, 3.8) is 0 Å². The van der Waals surface area contributed by atoms with Crippen molar-refractivity contribution in [3.8, 4) is 0 Å². The summed E-state index contributed by atoms with van der Waals surface area (Å²) in [6.07, 6.45) is 5.50. The molecule has 1 heterocycles. The molecule has 1 aromatic heterocycles. The van der Waals surface area contributed by atoms with E-state index in [2.05, 4.69) is 51.9 Å². The van der Waals surface area contributed by atoms with Crippen LogP contribution in [0, 0.1) is 0 Å². The van der Waals surface area contributed by atoms with Crippen LogP contribution in [0.15, 0.2) is 28.9 Å². The smallest absolute Gasteiger partial charge is 0.0489 e. The summed E-state index contributed by atoms with van der Waals surface area (Å²) in [7, 11) is 2.07. The number of hydrogen-bond donors (Lipinski definition) is 1. The summed E-state index contributed by atoms with van der Waals surface area (Å²) in [5.74, 6) is 0. The molecule has 16 heavy (non-hydrogen) atoms. The number of benzene rings is 1. The minimum Gasteiger partial charge on any atom is -0.349 e. The van der Waals surface area contributed by atoms with E-state index in [0.717, 1.165) is 19.4 Å². The van der Waals surface area contributed by atoms with Gasteiger partial charge < -0.3 is 10.3 Å². The monoisotopic (exact) mass is 280 g/mol. The lowest BCUT2D eigenvalue weighted by Gasteiger charge is -2.02. The Morgan fingerprint density at radius 1 is 1.31 bits per heavy atom. The van der Waals surface area contributed by atoms with Gasteiger partial charge in [-0.1, -0.05) is 6.07 Å². The van der Waals surface area contributed by atoms with E-state index in [0.29, 0.717) is 0 Å². The molecule has 0 spiro atoms. The number of nitrogens with zero attached hydrogens (tertiary/aromatic N) is 1. The molecular formula is C13H17BrN2. The van der Waals surface area contributed by atoms with E-state index in [1.54, 1.807) is 0 Å². The Bertz CT molecular complexity index is 488. The molecule has 0 amide bonds. The number of nitrogens with two attached hydrogens (primary N) is 1. The number of hydrogen-bond acceptors (Lipinski definition) is 1. The van der Waals surface area contributed by atoms with Crippen LogP contribution in [0.4, 0.5) is 0 Å². The SMILES string of the molecule is Cn1cc(Br)c2cc(CCCCN)ccc21. The van der Waals surface area contributed by atoms with Gasteiger partial charge in [0.1, 0.15) is 0 Å². The van der Waals surface area contributed by atoms with Gasteiger partial charge in [-0.15, -0.1) is 0 Å². The van der Waals surface area contributed by atoms with Gasteiger partial charge in [0.2, 0.25) is 0 Å². The van der Waals surface area contributed by atoms with Gasteiger partial charge in [-0.2, -0.15) is 0 Å². The Balaban J connectivity index is 2.25. The van der Waals surface area contributed by atoms with Gasteiger partial charge in [-0.3, -0.25) is 0 Å². The van der Waals surface area contributed by atoms with Crippen molar-refractivity contribution in [3.05, 3.63) is 34.4 Å². The molecule has 0 saturated heterocycles. The van der Waals surface area contributed by atoms with Crippen molar-refractivity contribution in [2.75, 3.05) is 6.54 Å². The third-order valence-corrected chi connectivity index (χ3v) is 3.56. The molecule has 0 bridgehead atoms. The van der Waals surface area contributed by atoms with E-state index < -0.39 is 0 Å². The van der Waals surface area contributed by atoms with E-state index in [1.165, 1.54) is 27.4 Å². The molecule has 0 aliphatic rings. The Hall–Kier alpha value is -0.800. The molecule has 1 aromatic carbocycles. The quantitative estimate of drug-likeness (QED) is 0.857. The fourth-order valence-electron chi connectivity index (χ4n) is 2.02. The zero-order valence-corrected chi connectivity index (χ0v) is 11.1. The lowest BCUT2D eigenvalue weighted by atomic mass is 10.1. The molecule has 3 heteroatoms. The van der Waals surface area contributed by atoms with Crippen LogP contribution >= 0.6 is 15.9 Å². The maximum absolute atomic E-state index is 5.50. The molecule has 86 valence electrons. The number of halogens is 1. The molecule has 0 fully saturated rings. The zero-order chi connectivity index (χ0) is 11.5. The van der Waals surface area contributed by atoms with E-state index in [9.17, 15) is 0 Å². The number of aryl methyl sites for hydroxylation is 2. The van der Waals surface area contributed by atoms with Crippen molar-refractivity contribution in [1.82, 2.24) is 4.57 Å². The summed E-state index contributed by atoms with van der Waals surface area (Å²) in [6.45, 7) is 0.789. The van der Waals surface area contributed by atoms with E-state index in [4.69, 9.17) is 5.73 Å². The third-order valence-electron chi connectivity index (χ3n) is 2.92. The molecular weight excluding hydrogens is 264 g/mol. The standard InChI is InChI=1S/C13H17BrN2/c1-16-9-12(14)11-8-10(4-2-3-7-15)5-6-13(11)16/h5-6,8-9H,2-4,7,15H2,1H3. The van der Waals surface area contributed by atoms with E-state index in [1.807, 2.05) is 0 Å². The first-order valence-electron chi connectivity index (χ1n) is 5.66. The first-order valence-corrected chi connectivity index (χ1v) is 6.45. The first-order chi connectivity index (χ1) is 7.72. The highest BCUT2D eigenvalue weighted by Crippen LogP contribution is 2.26. The van der Waals surface area contributed by atoms with Gasteiger partial charge >= 0.3 is 0 Å². The predicted octanol–water partition coefficient (Wildman–Crippen LogP) is 3.22. The lowest BCUT2D eigenvalue weighted by molar-refractivity contribution is 0.745. The molecule has 0 atom stereocenters. The van der Waals surface area contributed by atoms with Crippen LogP contribution in [-0.4, -0.2) is 11.1 Å². The summed E-state index contributed by atoms with van der Waals surface area (Å²) in [4.78, 5) is 0. The van der Waals surface area contributed by atoms with Gasteiger partial charge in [0, 0.05) is 28.6 Å². The number of unbranched alkanes of at least 4 members (excludes halogenated alkanes) is 1. The summed E-state index contributed by atoms with van der Waals surface area (Å²) >= 11 is 3.59. The van der Waals surface area contributed by atoms with Crippen LogP contribution < -0.4 is 5.73 Å². The third kappa shape index (κ3) is 2.30. The molecule has 0 aliphatic carbocycles. The molecule has 0 radical (unpaired) electrons. The molecule has 0 saturated carbocycles. The van der Waals surface area contributed by atoms with E-state index >= 15 is 0 Å². The first kappa shape index (κ1) is 11.7. The van der Waals surface area contributed by atoms with Crippen molar-refractivity contribution < 1.29 is 0 Å². The number of rotatable bonds is 4. The minimum atomic E-state index is 0.789. The van der Waals surface area contributed by atoms with Crippen molar-refractivity contribution in [1.29, 1.82) is 0 Å². The second-order valence-electron chi connectivity index (χ2n) is 4.19. The highest BCUT2D eigenvalue weighted by Gasteiger charge is 2.04. The van der Waals surface area contributed by atoms with Gasteiger partial charge in [0.25, 0.3) is 0 Å². The van der Waals surface area contributed by atoms with Crippen LogP contribution in [0.3, 0.4) is 0 Å². The van der Waals surface area contributed by atoms with Crippen LogP contribution in [0.5, 0.6) is 0 Å². The number of aromatic nitrogens is 1. The largest absolute Gasteiger partial charge is 0.349 e. The topological polar surface area (TPSA) is 30.9 Å². The maximum Gasteiger partial charge on any atom is 0.0489 e. The zero-order valence-electron chi connectivity index (χ0n) is 9.54. The van der Waals surface area contributed by atoms with Crippen LogP contribution in [-0.2, 0) is 13.5 Å². The van der Waals surface area contributed by atoms with Gasteiger partial charge in [0.15, 0.2) is 0 Å². The normalized spacial score (nSPS) is 11.2. The average Bonchev–Trinajstić information content (AvgIpc) is 2.55. The molecule has 0 unspecified atom stereocenters. The van der Waals surface area contributed by atoms with Crippen molar-refractivity contribution in [2.24, 2.45) is 12.8 Å². The molecule has 2 N–H and O–H groups in total. The highest BCUT2D eigenvalue weighted by molar-refractivity contribution is 9.10. The molecule has 0 aliphatic heterocycles. The maximum atomic E-state index is 5.50. The van der Waals surface area contributed by atoms with Crippen molar-refractivity contribution in [2.45, 2.75) is 19.3 Å². The minimum absolute atomic E-state index is 0.789. The van der Waals surface area contributed by atoms with Crippen LogP contribution in [0.2, 0.25) is 0 Å². The summed E-state index contributed by atoms with van der Waals surface area (Å²) in [6, 6.07) is 6.68.